The number of ether oxygens (including phenoxy) is 2. The molecule has 3 fully saturated rings. The number of rotatable bonds is 6. The Balaban J connectivity index is 0.000000605. The Morgan fingerprint density at radius 3 is 2.42 bits per heavy atom. The van der Waals surface area contributed by atoms with Crippen molar-refractivity contribution < 1.29 is 36.5 Å². The molecular formula is C38H45F5N6O3. The van der Waals surface area contributed by atoms with E-state index in [-0.39, 0.29) is 63.4 Å². The van der Waals surface area contributed by atoms with E-state index in [0.717, 1.165) is 39.0 Å². The zero-order valence-electron chi connectivity index (χ0n) is 29.9. The summed E-state index contributed by atoms with van der Waals surface area (Å²) in [6, 6.07) is 5.54. The molecule has 0 unspecified atom stereocenters. The highest BCUT2D eigenvalue weighted by atomic mass is 19.4. The van der Waals surface area contributed by atoms with E-state index < -0.39 is 18.3 Å². The van der Waals surface area contributed by atoms with E-state index in [1.165, 1.54) is 37.1 Å². The number of phenols is 1. The van der Waals surface area contributed by atoms with Crippen molar-refractivity contribution in [2.45, 2.75) is 66.1 Å². The number of benzene rings is 2. The normalized spacial score (nSPS) is 18.4. The molecule has 2 saturated heterocycles. The van der Waals surface area contributed by atoms with Crippen LogP contribution in [0.15, 0.2) is 24.3 Å². The van der Waals surface area contributed by atoms with Crippen LogP contribution in [0.1, 0.15) is 58.9 Å². The third-order valence-corrected chi connectivity index (χ3v) is 9.42. The van der Waals surface area contributed by atoms with Gasteiger partial charge >= 0.3 is 12.7 Å². The zero-order chi connectivity index (χ0) is 37.6. The molecule has 0 amide bonds. The van der Waals surface area contributed by atoms with Crippen molar-refractivity contribution in [2.75, 3.05) is 57.4 Å². The lowest BCUT2D eigenvalue weighted by Gasteiger charge is -2.35. The van der Waals surface area contributed by atoms with E-state index in [9.17, 15) is 22.7 Å². The summed E-state index contributed by atoms with van der Waals surface area (Å²) in [5, 5.41) is 15.0. The minimum Gasteiger partial charge on any atom is -0.508 e. The first-order chi connectivity index (χ1) is 25.2. The van der Waals surface area contributed by atoms with E-state index in [4.69, 9.17) is 20.9 Å². The van der Waals surface area contributed by atoms with Crippen LogP contribution in [0, 0.1) is 29.4 Å². The number of likely N-dealkylation sites (tertiary alicyclic amines) is 1. The molecule has 1 atom stereocenters. The molecule has 4 aliphatic rings. The topological polar surface area (TPSA) is 95.9 Å². The number of phenolic OH excluding ortho intramolecular Hbond substituents is 1. The Morgan fingerprint density at radius 2 is 1.75 bits per heavy atom. The van der Waals surface area contributed by atoms with E-state index in [2.05, 4.69) is 31.0 Å². The molecule has 14 heteroatoms. The third kappa shape index (κ3) is 8.10. The minimum atomic E-state index is -3.67. The molecule has 8 rings (SSSR count). The van der Waals surface area contributed by atoms with Crippen LogP contribution in [-0.4, -0.2) is 90.2 Å². The first kappa shape index (κ1) is 38.7. The Kier molecular flexibility index (Phi) is 12.6. The smallest absolute Gasteiger partial charge is 0.379 e. The summed E-state index contributed by atoms with van der Waals surface area (Å²) in [6.45, 7) is 10.3. The van der Waals surface area contributed by atoms with E-state index in [1.807, 2.05) is 27.7 Å². The predicted molar refractivity (Wildman–Crippen MR) is 192 cm³/mol. The minimum absolute atomic E-state index is 0.0104. The first-order valence-corrected chi connectivity index (χ1v) is 17.9. The molecule has 0 spiro atoms. The number of nitrogens with one attached hydrogen (secondary N) is 1. The van der Waals surface area contributed by atoms with Gasteiger partial charge in [-0.15, -0.1) is 6.42 Å². The number of anilines is 1. The number of hydrogen-bond donors (Lipinski definition) is 2. The van der Waals surface area contributed by atoms with Crippen LogP contribution >= 0.6 is 0 Å². The number of halogens is 5. The molecule has 1 aliphatic carbocycles. The Bertz CT molecular complexity index is 1910. The maximum Gasteiger partial charge on any atom is 0.379 e. The molecule has 9 nitrogen and oxygen atoms in total. The Hall–Kier alpha value is -4.48. The second-order valence-corrected chi connectivity index (χ2v) is 12.7. The van der Waals surface area contributed by atoms with Crippen LogP contribution < -0.4 is 19.7 Å². The van der Waals surface area contributed by atoms with Crippen LogP contribution in [0.25, 0.3) is 32.9 Å². The van der Waals surface area contributed by atoms with Crippen molar-refractivity contribution >= 4 is 27.5 Å². The monoisotopic (exact) mass is 728 g/mol. The summed E-state index contributed by atoms with van der Waals surface area (Å²) in [7, 11) is 0. The number of hydrogen-bond acceptors (Lipinski definition) is 9. The largest absolute Gasteiger partial charge is 0.508 e. The quantitative estimate of drug-likeness (QED) is 0.155. The van der Waals surface area contributed by atoms with Crippen LogP contribution in [0.4, 0.5) is 27.8 Å². The van der Waals surface area contributed by atoms with Crippen molar-refractivity contribution in [1.29, 1.82) is 0 Å². The van der Waals surface area contributed by atoms with Gasteiger partial charge in [0.1, 0.15) is 40.6 Å². The maximum atomic E-state index is 16.8. The predicted octanol–water partition coefficient (Wildman–Crippen LogP) is 7.47. The lowest BCUT2D eigenvalue weighted by molar-refractivity contribution is 0.00818. The Labute approximate surface area is 300 Å². The van der Waals surface area contributed by atoms with E-state index >= 15 is 4.39 Å². The standard InChI is InChI=1S/C33H32F2N6O3.2C2H6.CHF3/c1-2-22-24(34)6-5-19-13-21(42)14-23(25(19)22)28-27(35)29-26-30(41-12-9-36-15-20(41)16-43-31(26)37-28)39-32(38-29)44-18-33(7-8-33)17-40-10-3-4-11-40;2*1-2;2-1(3)4/h1,5-6,13-14,20,36,42H,3-4,7-12,15-18H2;2*1-2H3;1H/t20-;;;/m0.../s1. The zero-order valence-corrected chi connectivity index (χ0v) is 29.9. The lowest BCUT2D eigenvalue weighted by Crippen LogP contribution is -2.53. The van der Waals surface area contributed by atoms with Gasteiger partial charge in [-0.2, -0.15) is 23.1 Å². The summed E-state index contributed by atoms with van der Waals surface area (Å²) >= 11 is 0. The van der Waals surface area contributed by atoms with Gasteiger partial charge in [-0.3, -0.25) is 0 Å². The molecule has 4 aromatic rings. The SMILES string of the molecule is C#Cc1c(F)ccc2cc(O)cc(-c3nc4c5c(nc(OCC6(CN7CCCC7)CC6)nc5c3F)N3CCNC[C@H]3CO4)c12.CC.CC.FC(F)F. The summed E-state index contributed by atoms with van der Waals surface area (Å²) in [6.07, 6.45) is 10.3. The third-order valence-electron chi connectivity index (χ3n) is 9.42. The van der Waals surface area contributed by atoms with Gasteiger partial charge in [-0.25, -0.2) is 13.8 Å². The average Bonchev–Trinajstić information content (AvgIpc) is 3.77. The molecule has 1 saturated carbocycles. The fourth-order valence-corrected chi connectivity index (χ4v) is 6.93. The van der Waals surface area contributed by atoms with E-state index in [0.29, 0.717) is 36.3 Å². The summed E-state index contributed by atoms with van der Waals surface area (Å²) in [5.74, 6) is 1.54. The molecule has 3 aliphatic heterocycles. The van der Waals surface area contributed by atoms with Gasteiger partial charge in [0.05, 0.1) is 18.2 Å². The molecule has 0 radical (unpaired) electrons. The number of pyridine rings is 1. The van der Waals surface area contributed by atoms with Crippen molar-refractivity contribution in [3.63, 3.8) is 0 Å². The van der Waals surface area contributed by atoms with Gasteiger partial charge < -0.3 is 29.7 Å². The maximum absolute atomic E-state index is 16.8. The number of terminal acetylenes is 1. The second kappa shape index (κ2) is 16.9. The highest BCUT2D eigenvalue weighted by Gasteiger charge is 2.45. The average molecular weight is 729 g/mol. The molecule has 2 N–H and O–H groups in total. The highest BCUT2D eigenvalue weighted by molar-refractivity contribution is 6.04. The van der Waals surface area contributed by atoms with Crippen LogP contribution in [0.5, 0.6) is 17.6 Å². The van der Waals surface area contributed by atoms with E-state index in [1.54, 1.807) is 0 Å². The number of nitrogens with zero attached hydrogens (tertiary/aromatic N) is 5. The van der Waals surface area contributed by atoms with Gasteiger partial charge in [-0.1, -0.05) is 39.7 Å². The molecule has 5 heterocycles. The molecule has 2 aromatic heterocycles. The van der Waals surface area contributed by atoms with Gasteiger partial charge in [0, 0.05) is 42.5 Å². The number of piperazine rings is 1. The summed E-state index contributed by atoms with van der Waals surface area (Å²) in [4.78, 5) is 18.7. The number of aromatic hydroxyl groups is 1. The molecule has 2 aromatic carbocycles. The van der Waals surface area contributed by atoms with Crippen molar-refractivity contribution in [3.8, 4) is 41.2 Å². The molecular weight excluding hydrogens is 683 g/mol. The molecule has 0 bridgehead atoms. The highest BCUT2D eigenvalue weighted by Crippen LogP contribution is 2.48. The lowest BCUT2D eigenvalue weighted by atomic mass is 9.95. The van der Waals surface area contributed by atoms with Crippen LogP contribution in [0.2, 0.25) is 0 Å². The first-order valence-electron chi connectivity index (χ1n) is 17.9. The molecule has 52 heavy (non-hydrogen) atoms. The van der Waals surface area contributed by atoms with Gasteiger partial charge in [0.25, 0.3) is 0 Å². The van der Waals surface area contributed by atoms with Crippen LogP contribution in [-0.2, 0) is 0 Å². The van der Waals surface area contributed by atoms with Crippen molar-refractivity contribution in [1.82, 2.24) is 25.2 Å². The van der Waals surface area contributed by atoms with Gasteiger partial charge in [-0.05, 0) is 62.4 Å². The second-order valence-electron chi connectivity index (χ2n) is 12.7. The van der Waals surface area contributed by atoms with Crippen molar-refractivity contribution in [2.24, 2.45) is 5.41 Å². The fraction of sp³-hybridized carbons (Fsp3) is 0.500. The molecule has 280 valence electrons. The summed E-state index contributed by atoms with van der Waals surface area (Å²) in [5.41, 5.74) is -0.0178. The Morgan fingerprint density at radius 1 is 1.04 bits per heavy atom. The van der Waals surface area contributed by atoms with Crippen LogP contribution in [0.3, 0.4) is 0 Å². The summed E-state index contributed by atoms with van der Waals surface area (Å²) < 4.78 is 73.2. The van der Waals surface area contributed by atoms with Gasteiger partial charge in [0.15, 0.2) is 5.82 Å². The number of aromatic nitrogens is 3. The fourth-order valence-electron chi connectivity index (χ4n) is 6.93. The van der Waals surface area contributed by atoms with Crippen molar-refractivity contribution in [3.05, 3.63) is 41.5 Å². The number of alkyl halides is 3. The van der Waals surface area contributed by atoms with Gasteiger partial charge in [0.2, 0.25) is 5.88 Å². The number of fused-ring (bicyclic) bond motifs is 3.